The monoisotopic (exact) mass is 253 g/mol. The maximum absolute atomic E-state index is 13.6. The van der Waals surface area contributed by atoms with Crippen molar-refractivity contribution in [3.05, 3.63) is 35.4 Å². The van der Waals surface area contributed by atoms with E-state index in [0.717, 1.165) is 12.5 Å². The molecule has 0 aromatic heterocycles. The number of rotatable bonds is 1. The number of carbonyl (C=O) groups is 1. The van der Waals surface area contributed by atoms with Crippen molar-refractivity contribution in [2.24, 2.45) is 11.8 Å². The molecular formula is C14H17F2NO. The Hall–Kier alpha value is -1.45. The minimum absolute atomic E-state index is 0.170. The van der Waals surface area contributed by atoms with Gasteiger partial charge in [-0.1, -0.05) is 19.9 Å². The molecule has 1 amide bonds. The Bertz CT molecular complexity index is 461. The molecule has 1 heterocycles. The van der Waals surface area contributed by atoms with Crippen LogP contribution < -0.4 is 0 Å². The number of piperidine rings is 1. The SMILES string of the molecule is CC1CCN(C(=O)c2cccc(F)c2F)CC1C. The van der Waals surface area contributed by atoms with Gasteiger partial charge in [0, 0.05) is 13.1 Å². The van der Waals surface area contributed by atoms with Crippen LogP contribution in [0.5, 0.6) is 0 Å². The standard InChI is InChI=1S/C14H17F2NO/c1-9-6-7-17(8-10(9)2)14(18)11-4-3-5-12(15)13(11)16/h3-5,9-10H,6-8H2,1-2H3. The third-order valence-electron chi connectivity index (χ3n) is 3.80. The van der Waals surface area contributed by atoms with E-state index in [9.17, 15) is 13.6 Å². The topological polar surface area (TPSA) is 20.3 Å². The molecule has 0 radical (unpaired) electrons. The number of hydrogen-bond acceptors (Lipinski definition) is 1. The number of halogens is 2. The van der Waals surface area contributed by atoms with Crippen LogP contribution in [0.4, 0.5) is 8.78 Å². The quantitative estimate of drug-likeness (QED) is 0.753. The van der Waals surface area contributed by atoms with E-state index in [1.54, 1.807) is 4.90 Å². The maximum atomic E-state index is 13.6. The van der Waals surface area contributed by atoms with Crippen LogP contribution in [-0.4, -0.2) is 23.9 Å². The molecule has 1 aliphatic heterocycles. The second-order valence-electron chi connectivity index (χ2n) is 5.10. The lowest BCUT2D eigenvalue weighted by Gasteiger charge is -2.35. The van der Waals surface area contributed by atoms with E-state index >= 15 is 0 Å². The highest BCUT2D eigenvalue weighted by Gasteiger charge is 2.28. The smallest absolute Gasteiger partial charge is 0.256 e. The van der Waals surface area contributed by atoms with Crippen molar-refractivity contribution in [2.75, 3.05) is 13.1 Å². The van der Waals surface area contributed by atoms with Gasteiger partial charge in [-0.25, -0.2) is 8.78 Å². The van der Waals surface area contributed by atoms with Crippen molar-refractivity contribution < 1.29 is 13.6 Å². The first-order chi connectivity index (χ1) is 8.50. The Labute approximate surface area is 106 Å². The Morgan fingerprint density at radius 2 is 2.00 bits per heavy atom. The number of amides is 1. The second kappa shape index (κ2) is 5.04. The van der Waals surface area contributed by atoms with Gasteiger partial charge in [-0.3, -0.25) is 4.79 Å². The van der Waals surface area contributed by atoms with Gasteiger partial charge in [-0.15, -0.1) is 0 Å². The molecule has 18 heavy (non-hydrogen) atoms. The summed E-state index contributed by atoms with van der Waals surface area (Å²) in [6.45, 7) is 5.44. The fourth-order valence-corrected chi connectivity index (χ4v) is 2.29. The molecule has 1 saturated heterocycles. The molecule has 4 heteroatoms. The first-order valence-electron chi connectivity index (χ1n) is 6.24. The average Bonchev–Trinajstić information content (AvgIpc) is 2.35. The fraction of sp³-hybridized carbons (Fsp3) is 0.500. The Morgan fingerprint density at radius 1 is 1.28 bits per heavy atom. The summed E-state index contributed by atoms with van der Waals surface area (Å²) in [7, 11) is 0. The summed E-state index contributed by atoms with van der Waals surface area (Å²) in [4.78, 5) is 13.8. The van der Waals surface area contributed by atoms with Crippen molar-refractivity contribution >= 4 is 5.91 Å². The van der Waals surface area contributed by atoms with Gasteiger partial charge in [0.2, 0.25) is 0 Å². The van der Waals surface area contributed by atoms with Gasteiger partial charge in [0.05, 0.1) is 5.56 Å². The molecule has 0 spiro atoms. The molecule has 2 unspecified atom stereocenters. The van der Waals surface area contributed by atoms with E-state index in [1.165, 1.54) is 12.1 Å². The first kappa shape index (κ1) is 13.0. The second-order valence-corrected chi connectivity index (χ2v) is 5.10. The Balaban J connectivity index is 2.19. The number of likely N-dealkylation sites (tertiary alicyclic amines) is 1. The molecule has 0 aliphatic carbocycles. The summed E-state index contributed by atoms with van der Waals surface area (Å²) in [5.41, 5.74) is -0.170. The van der Waals surface area contributed by atoms with Crippen LogP contribution in [0.25, 0.3) is 0 Å². The van der Waals surface area contributed by atoms with Crippen molar-refractivity contribution in [1.82, 2.24) is 4.90 Å². The van der Waals surface area contributed by atoms with Gasteiger partial charge < -0.3 is 4.90 Å². The molecule has 0 bridgehead atoms. The van der Waals surface area contributed by atoms with Crippen LogP contribution in [0.2, 0.25) is 0 Å². The predicted molar refractivity (Wildman–Crippen MR) is 65.2 cm³/mol. The van der Waals surface area contributed by atoms with Gasteiger partial charge in [0.25, 0.3) is 5.91 Å². The Kier molecular flexibility index (Phi) is 3.64. The highest BCUT2D eigenvalue weighted by Crippen LogP contribution is 2.24. The van der Waals surface area contributed by atoms with Crippen LogP contribution in [-0.2, 0) is 0 Å². The third-order valence-corrected chi connectivity index (χ3v) is 3.80. The molecule has 2 atom stereocenters. The molecule has 98 valence electrons. The van der Waals surface area contributed by atoms with Crippen molar-refractivity contribution in [3.8, 4) is 0 Å². The first-order valence-corrected chi connectivity index (χ1v) is 6.24. The Morgan fingerprint density at radius 3 is 2.67 bits per heavy atom. The van der Waals surface area contributed by atoms with Gasteiger partial charge in [-0.05, 0) is 30.4 Å². The number of carbonyl (C=O) groups excluding carboxylic acids is 1. The molecule has 0 saturated carbocycles. The van der Waals surface area contributed by atoms with Crippen LogP contribution in [0.15, 0.2) is 18.2 Å². The zero-order valence-electron chi connectivity index (χ0n) is 10.6. The normalized spacial score (nSPS) is 24.1. The van der Waals surface area contributed by atoms with E-state index in [2.05, 4.69) is 13.8 Å². The molecule has 2 nitrogen and oxygen atoms in total. The largest absolute Gasteiger partial charge is 0.338 e. The lowest BCUT2D eigenvalue weighted by atomic mass is 9.88. The number of hydrogen-bond donors (Lipinski definition) is 0. The van der Waals surface area contributed by atoms with Crippen LogP contribution in [0, 0.1) is 23.5 Å². The summed E-state index contributed by atoms with van der Waals surface area (Å²) in [6, 6.07) is 3.72. The highest BCUT2D eigenvalue weighted by atomic mass is 19.2. The van der Waals surface area contributed by atoms with Gasteiger partial charge in [0.15, 0.2) is 11.6 Å². The van der Waals surface area contributed by atoms with E-state index in [-0.39, 0.29) is 5.56 Å². The van der Waals surface area contributed by atoms with Crippen molar-refractivity contribution in [3.63, 3.8) is 0 Å². The van der Waals surface area contributed by atoms with Gasteiger partial charge in [-0.2, -0.15) is 0 Å². The van der Waals surface area contributed by atoms with Crippen molar-refractivity contribution in [1.29, 1.82) is 0 Å². The molecule has 1 aliphatic rings. The molecule has 0 N–H and O–H groups in total. The average molecular weight is 253 g/mol. The maximum Gasteiger partial charge on any atom is 0.256 e. The summed E-state index contributed by atoms with van der Waals surface area (Å²) in [5, 5.41) is 0. The number of nitrogens with zero attached hydrogens (tertiary/aromatic N) is 1. The van der Waals surface area contributed by atoms with Crippen LogP contribution >= 0.6 is 0 Å². The zero-order valence-corrected chi connectivity index (χ0v) is 10.6. The minimum Gasteiger partial charge on any atom is -0.338 e. The third kappa shape index (κ3) is 2.37. The van der Waals surface area contributed by atoms with Crippen LogP contribution in [0.1, 0.15) is 30.6 Å². The molecule has 1 fully saturated rings. The number of benzene rings is 1. The fourth-order valence-electron chi connectivity index (χ4n) is 2.29. The predicted octanol–water partition coefficient (Wildman–Crippen LogP) is 3.08. The van der Waals surface area contributed by atoms with Gasteiger partial charge in [0.1, 0.15) is 0 Å². The summed E-state index contributed by atoms with van der Waals surface area (Å²) in [6.07, 6.45) is 0.907. The van der Waals surface area contributed by atoms with E-state index in [0.29, 0.717) is 24.9 Å². The zero-order chi connectivity index (χ0) is 13.3. The molecule has 1 aromatic carbocycles. The molecular weight excluding hydrogens is 236 g/mol. The van der Waals surface area contributed by atoms with Crippen molar-refractivity contribution in [2.45, 2.75) is 20.3 Å². The minimum atomic E-state index is -1.05. The lowest BCUT2D eigenvalue weighted by molar-refractivity contribution is 0.0622. The molecule has 1 aromatic rings. The lowest BCUT2D eigenvalue weighted by Crippen LogP contribution is -2.42. The summed E-state index contributed by atoms with van der Waals surface area (Å²) < 4.78 is 26.7. The van der Waals surface area contributed by atoms with Gasteiger partial charge >= 0.3 is 0 Å². The van der Waals surface area contributed by atoms with E-state index < -0.39 is 17.5 Å². The summed E-state index contributed by atoms with van der Waals surface area (Å²) >= 11 is 0. The molecule has 2 rings (SSSR count). The highest BCUT2D eigenvalue weighted by molar-refractivity contribution is 5.94. The van der Waals surface area contributed by atoms with Crippen LogP contribution in [0.3, 0.4) is 0 Å². The van der Waals surface area contributed by atoms with E-state index in [1.807, 2.05) is 0 Å². The summed E-state index contributed by atoms with van der Waals surface area (Å²) in [5.74, 6) is -1.48. The van der Waals surface area contributed by atoms with E-state index in [4.69, 9.17) is 0 Å².